The lowest BCUT2D eigenvalue weighted by atomic mass is 9.93. The Balaban J connectivity index is 6.24. The first-order chi connectivity index (χ1) is 9.19. The van der Waals surface area contributed by atoms with Crippen LogP contribution in [0.15, 0.2) is 0 Å². The van der Waals surface area contributed by atoms with E-state index >= 15 is 0 Å². The maximum atomic E-state index is 12.7. The molecule has 0 aliphatic carbocycles. The molecule has 0 radical (unpaired) electrons. The Morgan fingerprint density at radius 1 is 0.500 bits per heavy atom. The van der Waals surface area contributed by atoms with Gasteiger partial charge >= 0.3 is 42.1 Å². The molecule has 0 aromatic carbocycles. The Labute approximate surface area is 111 Å². The fourth-order valence-electron chi connectivity index (χ4n) is 0.940. The van der Waals surface area contributed by atoms with Crippen LogP contribution < -0.4 is 0 Å². The zero-order valence-corrected chi connectivity index (χ0v) is 9.39. The highest BCUT2D eigenvalue weighted by Crippen LogP contribution is 2.59. The number of rotatable bonds is 6. The van der Waals surface area contributed by atoms with Crippen molar-refractivity contribution < 1.29 is 67.3 Å². The Morgan fingerprint density at radius 3 is 1.00 bits per heavy atom. The number of alkyl halides is 13. The summed E-state index contributed by atoms with van der Waals surface area (Å²) in [4.78, 5) is 0. The van der Waals surface area contributed by atoms with Crippen LogP contribution in [0, 0.1) is 0 Å². The minimum Gasteiger partial charge on any atom is -0.335 e. The fraction of sp³-hybridized carbons (Fsp3) is 1.00. The van der Waals surface area contributed by atoms with Crippen LogP contribution in [0.2, 0.25) is 0 Å². The molecule has 0 spiro atoms. The van der Waals surface area contributed by atoms with Gasteiger partial charge in [0.2, 0.25) is 0 Å². The van der Waals surface area contributed by atoms with Crippen molar-refractivity contribution in [2.24, 2.45) is 0 Å². The molecule has 2 nitrogen and oxygen atoms in total. The zero-order chi connectivity index (χ0) is 18.6. The van der Waals surface area contributed by atoms with Gasteiger partial charge in [-0.05, 0) is 0 Å². The van der Waals surface area contributed by atoms with Crippen LogP contribution >= 0.6 is 0 Å². The quantitative estimate of drug-likeness (QED) is 0.561. The van der Waals surface area contributed by atoms with Crippen LogP contribution in [0.4, 0.5) is 57.1 Å². The van der Waals surface area contributed by atoms with E-state index < -0.39 is 42.1 Å². The van der Waals surface area contributed by atoms with Gasteiger partial charge in [0, 0.05) is 0 Å². The zero-order valence-electron chi connectivity index (χ0n) is 9.39. The monoisotopic (exact) mass is 366 g/mol. The van der Waals surface area contributed by atoms with E-state index in [-0.39, 0.29) is 0 Å². The Hall–Kier alpha value is -0.990. The summed E-state index contributed by atoms with van der Waals surface area (Å²) in [6.45, 7) is 0. The summed E-state index contributed by atoms with van der Waals surface area (Å²) in [7, 11) is 0. The number of halogens is 13. The SMILES string of the molecule is OC(O)(F)C(F)(F)C(F)(F)C(F)(F)C(F)(F)C(F)(F)C(F)F. The van der Waals surface area contributed by atoms with Gasteiger partial charge in [-0.2, -0.15) is 48.3 Å². The predicted molar refractivity (Wildman–Crippen MR) is 39.0 cm³/mol. The first-order valence-corrected chi connectivity index (χ1v) is 4.50. The van der Waals surface area contributed by atoms with Gasteiger partial charge in [0.15, 0.2) is 0 Å². The van der Waals surface area contributed by atoms with Gasteiger partial charge in [-0.15, -0.1) is 0 Å². The average Bonchev–Trinajstić information content (AvgIpc) is 2.25. The van der Waals surface area contributed by atoms with Gasteiger partial charge in [0.1, 0.15) is 0 Å². The van der Waals surface area contributed by atoms with Crippen molar-refractivity contribution in [3.63, 3.8) is 0 Å². The van der Waals surface area contributed by atoms with Gasteiger partial charge in [-0.1, -0.05) is 0 Å². The molecule has 0 aliphatic rings. The van der Waals surface area contributed by atoms with Crippen LogP contribution in [0.5, 0.6) is 0 Å². The van der Waals surface area contributed by atoms with E-state index in [9.17, 15) is 57.1 Å². The van der Waals surface area contributed by atoms with Gasteiger partial charge in [-0.25, -0.2) is 8.78 Å². The van der Waals surface area contributed by atoms with E-state index in [1.165, 1.54) is 0 Å². The largest absolute Gasteiger partial charge is 0.400 e. The van der Waals surface area contributed by atoms with Crippen molar-refractivity contribution >= 4 is 0 Å². The maximum Gasteiger partial charge on any atom is 0.400 e. The molecule has 0 aliphatic heterocycles. The van der Waals surface area contributed by atoms with Gasteiger partial charge in [0.25, 0.3) is 0 Å². The molecule has 0 fully saturated rings. The lowest BCUT2D eigenvalue weighted by molar-refractivity contribution is -0.469. The van der Waals surface area contributed by atoms with Gasteiger partial charge in [-0.3, -0.25) is 0 Å². The van der Waals surface area contributed by atoms with Crippen LogP contribution in [-0.4, -0.2) is 52.3 Å². The molecule has 0 atom stereocenters. The molecule has 0 rings (SSSR count). The number of hydrogen-bond donors (Lipinski definition) is 2. The Bertz CT molecular complexity index is 409. The molecule has 0 saturated carbocycles. The van der Waals surface area contributed by atoms with Crippen LogP contribution in [-0.2, 0) is 0 Å². The molecule has 0 bridgehead atoms. The summed E-state index contributed by atoms with van der Waals surface area (Å²) in [6.07, 6.45) is -5.70. The van der Waals surface area contributed by atoms with Crippen molar-refractivity contribution in [2.45, 2.75) is 42.1 Å². The molecule has 22 heavy (non-hydrogen) atoms. The average molecular weight is 366 g/mol. The van der Waals surface area contributed by atoms with E-state index in [2.05, 4.69) is 0 Å². The second-order valence-electron chi connectivity index (χ2n) is 3.81. The maximum absolute atomic E-state index is 12.7. The predicted octanol–water partition coefficient (Wildman–Crippen LogP) is 3.04. The van der Waals surface area contributed by atoms with E-state index in [0.717, 1.165) is 0 Å². The van der Waals surface area contributed by atoms with Crippen LogP contribution in [0.3, 0.4) is 0 Å². The van der Waals surface area contributed by atoms with E-state index in [4.69, 9.17) is 10.2 Å². The summed E-state index contributed by atoms with van der Waals surface area (Å²) < 4.78 is 160. The summed E-state index contributed by atoms with van der Waals surface area (Å²) in [5.41, 5.74) is 0. The van der Waals surface area contributed by atoms with Crippen molar-refractivity contribution in [3.05, 3.63) is 0 Å². The third kappa shape index (κ3) is 2.47. The highest BCUT2D eigenvalue weighted by atomic mass is 19.4. The van der Waals surface area contributed by atoms with E-state index in [1.807, 2.05) is 0 Å². The lowest BCUT2D eigenvalue weighted by Gasteiger charge is -2.40. The Morgan fingerprint density at radius 2 is 0.773 bits per heavy atom. The molecule has 134 valence electrons. The van der Waals surface area contributed by atoms with Crippen molar-refractivity contribution in [1.82, 2.24) is 0 Å². The molecule has 2 N–H and O–H groups in total. The first-order valence-electron chi connectivity index (χ1n) is 4.50. The number of aliphatic hydroxyl groups is 2. The molecule has 0 aromatic heterocycles. The smallest absolute Gasteiger partial charge is 0.335 e. The third-order valence-electron chi connectivity index (χ3n) is 2.28. The third-order valence-corrected chi connectivity index (χ3v) is 2.28. The molecule has 0 saturated heterocycles. The standard InChI is InChI=1S/C7H3F13O2/c8-1(9)2(10,11)3(12,13)4(14,15)5(16,17)6(18,19)7(20,21)22/h1,21-22H. The molecule has 0 aromatic rings. The first kappa shape index (κ1) is 21.0. The number of hydrogen-bond acceptors (Lipinski definition) is 2. The minimum absolute atomic E-state index is 5.70. The molecule has 0 amide bonds. The van der Waals surface area contributed by atoms with Crippen molar-refractivity contribution in [1.29, 1.82) is 0 Å². The minimum atomic E-state index is -8.01. The highest BCUT2D eigenvalue weighted by molar-refractivity contribution is 5.10. The van der Waals surface area contributed by atoms with Gasteiger partial charge < -0.3 is 10.2 Å². The fourth-order valence-corrected chi connectivity index (χ4v) is 0.940. The molecular weight excluding hydrogens is 363 g/mol. The topological polar surface area (TPSA) is 40.5 Å². The van der Waals surface area contributed by atoms with Crippen LogP contribution in [0.25, 0.3) is 0 Å². The summed E-state index contributed by atoms with van der Waals surface area (Å²) >= 11 is 0. The normalized spacial score (nSPS) is 16.4. The summed E-state index contributed by atoms with van der Waals surface area (Å²) in [5, 5.41) is 15.1. The van der Waals surface area contributed by atoms with Crippen LogP contribution in [0.1, 0.15) is 0 Å². The second-order valence-corrected chi connectivity index (χ2v) is 3.81. The lowest BCUT2D eigenvalue weighted by Crippen LogP contribution is -2.72. The Kier molecular flexibility index (Phi) is 4.78. The summed E-state index contributed by atoms with van der Waals surface area (Å²) in [6, 6.07) is -6.56. The molecule has 15 heteroatoms. The van der Waals surface area contributed by atoms with E-state index in [0.29, 0.717) is 0 Å². The highest BCUT2D eigenvalue weighted by Gasteiger charge is 2.91. The molecule has 0 heterocycles. The second kappa shape index (κ2) is 5.01. The van der Waals surface area contributed by atoms with Crippen molar-refractivity contribution in [2.75, 3.05) is 0 Å². The van der Waals surface area contributed by atoms with Crippen molar-refractivity contribution in [3.8, 4) is 0 Å². The molecular formula is C7H3F13O2. The molecule has 0 unspecified atom stereocenters. The van der Waals surface area contributed by atoms with E-state index in [1.54, 1.807) is 0 Å². The summed E-state index contributed by atoms with van der Waals surface area (Å²) in [5.74, 6) is -38.4. The van der Waals surface area contributed by atoms with Gasteiger partial charge in [0.05, 0.1) is 0 Å².